The van der Waals surface area contributed by atoms with Crippen LogP contribution in [0, 0.1) is 11.3 Å². The van der Waals surface area contributed by atoms with Gasteiger partial charge in [0.25, 0.3) is 0 Å². The summed E-state index contributed by atoms with van der Waals surface area (Å²) in [6.45, 7) is 1.98. The molecule has 0 saturated carbocycles. The van der Waals surface area contributed by atoms with Crippen LogP contribution in [-0.4, -0.2) is 22.7 Å². The molecule has 2 rings (SSSR count). The van der Waals surface area contributed by atoms with Crippen molar-refractivity contribution in [2.75, 3.05) is 6.61 Å². The summed E-state index contributed by atoms with van der Waals surface area (Å²) in [5, 5.41) is 17.8. The van der Waals surface area contributed by atoms with Crippen LogP contribution in [0.25, 0.3) is 11.5 Å². The summed E-state index contributed by atoms with van der Waals surface area (Å²) in [5.74, 6) is -1.25. The number of rotatable bonds is 4. The predicted molar refractivity (Wildman–Crippen MR) is 64.8 cm³/mol. The monoisotopic (exact) mass is 258 g/mol. The lowest BCUT2D eigenvalue weighted by Crippen LogP contribution is -2.01. The Kier molecular flexibility index (Phi) is 3.48. The average molecular weight is 258 g/mol. The van der Waals surface area contributed by atoms with Gasteiger partial charge in [-0.2, -0.15) is 10.2 Å². The summed E-state index contributed by atoms with van der Waals surface area (Å²) in [5.41, 5.74) is 0.678. The normalized spacial score (nSPS) is 9.89. The van der Waals surface area contributed by atoms with Gasteiger partial charge in [-0.1, -0.05) is 6.07 Å². The minimum Gasteiger partial charge on any atom is -0.476 e. The maximum Gasteiger partial charge on any atom is 0.362 e. The van der Waals surface area contributed by atoms with E-state index < -0.39 is 5.97 Å². The Morgan fingerprint density at radius 2 is 2.37 bits per heavy atom. The van der Waals surface area contributed by atoms with Crippen LogP contribution in [0.15, 0.2) is 28.7 Å². The van der Waals surface area contributed by atoms with E-state index in [0.29, 0.717) is 11.1 Å². The van der Waals surface area contributed by atoms with Crippen molar-refractivity contribution in [2.45, 2.75) is 6.92 Å². The largest absolute Gasteiger partial charge is 0.476 e. The standard InChI is InChI=1S/C13H10N2O4/c1-2-18-13-10(12(16)17)15-11(19-13)9-5-3-4-8(6-9)7-14/h3-6H,2H2,1H3,(H,16,17). The fourth-order valence-corrected chi connectivity index (χ4v) is 1.52. The lowest BCUT2D eigenvalue weighted by Gasteiger charge is -1.97. The van der Waals surface area contributed by atoms with Crippen molar-refractivity contribution in [3.63, 3.8) is 0 Å². The van der Waals surface area contributed by atoms with Crippen LogP contribution in [-0.2, 0) is 0 Å². The van der Waals surface area contributed by atoms with E-state index >= 15 is 0 Å². The van der Waals surface area contributed by atoms with Crippen molar-refractivity contribution >= 4 is 5.97 Å². The van der Waals surface area contributed by atoms with E-state index in [2.05, 4.69) is 4.98 Å². The maximum atomic E-state index is 11.0. The molecular weight excluding hydrogens is 248 g/mol. The third-order valence-corrected chi connectivity index (χ3v) is 2.31. The van der Waals surface area contributed by atoms with Crippen molar-refractivity contribution in [3.05, 3.63) is 35.5 Å². The van der Waals surface area contributed by atoms with Gasteiger partial charge in [-0.3, -0.25) is 0 Å². The number of carbonyl (C=O) groups is 1. The van der Waals surface area contributed by atoms with E-state index in [4.69, 9.17) is 19.5 Å². The molecule has 6 nitrogen and oxygen atoms in total. The number of benzene rings is 1. The van der Waals surface area contributed by atoms with E-state index in [0.717, 1.165) is 0 Å². The van der Waals surface area contributed by atoms with Crippen molar-refractivity contribution in [2.24, 2.45) is 0 Å². The Hall–Kier alpha value is -2.81. The van der Waals surface area contributed by atoms with Gasteiger partial charge in [0.15, 0.2) is 0 Å². The molecule has 0 aliphatic heterocycles. The molecule has 0 amide bonds. The van der Waals surface area contributed by atoms with E-state index in [1.165, 1.54) is 0 Å². The van der Waals surface area contributed by atoms with Gasteiger partial charge in [-0.05, 0) is 25.1 Å². The molecule has 0 saturated heterocycles. The number of carboxylic acid groups (broad SMARTS) is 1. The molecule has 6 heteroatoms. The average Bonchev–Trinajstić information content (AvgIpc) is 2.83. The first-order valence-electron chi connectivity index (χ1n) is 5.53. The molecule has 1 N–H and O–H groups in total. The van der Waals surface area contributed by atoms with Crippen LogP contribution in [0.1, 0.15) is 23.0 Å². The number of aromatic nitrogens is 1. The lowest BCUT2D eigenvalue weighted by atomic mass is 10.1. The Labute approximate surface area is 108 Å². The van der Waals surface area contributed by atoms with Gasteiger partial charge in [0.1, 0.15) is 0 Å². The zero-order chi connectivity index (χ0) is 13.8. The molecule has 1 aromatic carbocycles. The maximum absolute atomic E-state index is 11.0. The smallest absolute Gasteiger partial charge is 0.362 e. The molecule has 0 bridgehead atoms. The third kappa shape index (κ3) is 2.55. The molecular formula is C13H10N2O4. The van der Waals surface area contributed by atoms with Crippen LogP contribution >= 0.6 is 0 Å². The molecule has 1 heterocycles. The third-order valence-electron chi connectivity index (χ3n) is 2.31. The lowest BCUT2D eigenvalue weighted by molar-refractivity contribution is 0.0683. The van der Waals surface area contributed by atoms with Crippen LogP contribution in [0.2, 0.25) is 0 Å². The van der Waals surface area contributed by atoms with Gasteiger partial charge in [0, 0.05) is 5.56 Å². The number of oxazole rings is 1. The number of hydrogen-bond donors (Lipinski definition) is 1. The zero-order valence-corrected chi connectivity index (χ0v) is 10.1. The molecule has 96 valence electrons. The van der Waals surface area contributed by atoms with Gasteiger partial charge < -0.3 is 14.3 Å². The van der Waals surface area contributed by atoms with Crippen LogP contribution in [0.5, 0.6) is 5.95 Å². The first-order chi connectivity index (χ1) is 9.15. The number of carboxylic acids is 1. The molecule has 0 radical (unpaired) electrons. The highest BCUT2D eigenvalue weighted by Gasteiger charge is 2.21. The Morgan fingerprint density at radius 3 is 3.00 bits per heavy atom. The summed E-state index contributed by atoms with van der Waals surface area (Å²) in [4.78, 5) is 14.9. The number of nitriles is 1. The molecule has 0 aliphatic carbocycles. The topological polar surface area (TPSA) is 96.4 Å². The number of hydrogen-bond acceptors (Lipinski definition) is 5. The summed E-state index contributed by atoms with van der Waals surface area (Å²) in [6.07, 6.45) is 0. The van der Waals surface area contributed by atoms with Crippen molar-refractivity contribution in [1.29, 1.82) is 5.26 Å². The molecule has 1 aromatic heterocycles. The highest BCUT2D eigenvalue weighted by Crippen LogP contribution is 2.27. The fourth-order valence-electron chi connectivity index (χ4n) is 1.52. The molecule has 0 fully saturated rings. The number of nitrogens with zero attached hydrogens (tertiary/aromatic N) is 2. The molecule has 19 heavy (non-hydrogen) atoms. The van der Waals surface area contributed by atoms with Gasteiger partial charge in [0.05, 0.1) is 18.2 Å². The van der Waals surface area contributed by atoms with Crippen LogP contribution < -0.4 is 4.74 Å². The van der Waals surface area contributed by atoms with Gasteiger partial charge >= 0.3 is 11.9 Å². The SMILES string of the molecule is CCOc1oc(-c2cccc(C#N)c2)nc1C(=O)O. The first-order valence-corrected chi connectivity index (χ1v) is 5.53. The quantitative estimate of drug-likeness (QED) is 0.903. The van der Waals surface area contributed by atoms with E-state index in [9.17, 15) is 4.79 Å². The fraction of sp³-hybridized carbons (Fsp3) is 0.154. The van der Waals surface area contributed by atoms with Crippen molar-refractivity contribution < 1.29 is 19.1 Å². The Bertz CT molecular complexity index is 655. The van der Waals surface area contributed by atoms with E-state index in [1.54, 1.807) is 31.2 Å². The highest BCUT2D eigenvalue weighted by atomic mass is 16.6. The van der Waals surface area contributed by atoms with Crippen LogP contribution in [0.3, 0.4) is 0 Å². The summed E-state index contributed by atoms with van der Waals surface area (Å²) >= 11 is 0. The molecule has 0 unspecified atom stereocenters. The first kappa shape index (κ1) is 12.6. The summed E-state index contributed by atoms with van der Waals surface area (Å²) in [7, 11) is 0. The van der Waals surface area contributed by atoms with E-state index in [-0.39, 0.29) is 24.1 Å². The minimum atomic E-state index is -1.23. The summed E-state index contributed by atoms with van der Waals surface area (Å²) in [6, 6.07) is 8.53. The summed E-state index contributed by atoms with van der Waals surface area (Å²) < 4.78 is 10.4. The van der Waals surface area contributed by atoms with Crippen molar-refractivity contribution in [1.82, 2.24) is 4.98 Å². The second-order valence-electron chi connectivity index (χ2n) is 3.59. The molecule has 0 atom stereocenters. The van der Waals surface area contributed by atoms with Gasteiger partial charge in [-0.25, -0.2) is 4.79 Å². The van der Waals surface area contributed by atoms with Gasteiger partial charge in [-0.15, -0.1) is 0 Å². The van der Waals surface area contributed by atoms with E-state index in [1.807, 2.05) is 6.07 Å². The minimum absolute atomic E-state index is 0.109. The molecule has 0 spiro atoms. The predicted octanol–water partition coefficient (Wildman–Crippen LogP) is 2.31. The van der Waals surface area contributed by atoms with Gasteiger partial charge in [0.2, 0.25) is 11.6 Å². The number of aromatic carboxylic acids is 1. The highest BCUT2D eigenvalue weighted by molar-refractivity contribution is 5.88. The Morgan fingerprint density at radius 1 is 1.58 bits per heavy atom. The number of ether oxygens (including phenoxy) is 1. The van der Waals surface area contributed by atoms with Crippen LogP contribution in [0.4, 0.5) is 0 Å². The van der Waals surface area contributed by atoms with Crippen molar-refractivity contribution in [3.8, 4) is 23.5 Å². The molecule has 0 aliphatic rings. The second kappa shape index (κ2) is 5.23. The second-order valence-corrected chi connectivity index (χ2v) is 3.59. The Balaban J connectivity index is 2.48. The molecule has 2 aromatic rings. The zero-order valence-electron chi connectivity index (χ0n) is 10.1.